The van der Waals surface area contributed by atoms with E-state index in [1.54, 1.807) is 7.11 Å². The Hall–Kier alpha value is -2.37. The molecule has 0 bridgehead atoms. The molecule has 0 unspecified atom stereocenters. The molecule has 0 saturated heterocycles. The van der Waals surface area contributed by atoms with E-state index >= 15 is 0 Å². The maximum absolute atomic E-state index is 11.3. The Kier molecular flexibility index (Phi) is 3.27. The van der Waals surface area contributed by atoms with Crippen LogP contribution >= 0.6 is 0 Å². The van der Waals surface area contributed by atoms with Crippen LogP contribution in [-0.4, -0.2) is 35.2 Å². The molecule has 2 aromatic rings. The standard InChI is InChI=1S/C12H13N3O3/c1-8-4-5-11(17-2)10(6-8)15-7-9(13-14-15)12(16)18-3/h4-7H,1-3H3. The maximum atomic E-state index is 11.3. The molecule has 0 fully saturated rings. The van der Waals surface area contributed by atoms with Gasteiger partial charge in [0.2, 0.25) is 0 Å². The van der Waals surface area contributed by atoms with Gasteiger partial charge in [0.1, 0.15) is 11.4 Å². The van der Waals surface area contributed by atoms with Crippen molar-refractivity contribution in [1.29, 1.82) is 0 Å². The van der Waals surface area contributed by atoms with Crippen molar-refractivity contribution in [2.24, 2.45) is 0 Å². The van der Waals surface area contributed by atoms with Gasteiger partial charge in [0.15, 0.2) is 5.69 Å². The molecule has 6 heteroatoms. The number of benzene rings is 1. The normalized spacial score (nSPS) is 10.2. The van der Waals surface area contributed by atoms with Crippen molar-refractivity contribution in [2.75, 3.05) is 14.2 Å². The van der Waals surface area contributed by atoms with Crippen molar-refractivity contribution in [3.05, 3.63) is 35.7 Å². The number of hydrogen-bond acceptors (Lipinski definition) is 5. The maximum Gasteiger partial charge on any atom is 0.360 e. The summed E-state index contributed by atoms with van der Waals surface area (Å²) in [6.07, 6.45) is 1.50. The molecule has 94 valence electrons. The van der Waals surface area contributed by atoms with Crippen molar-refractivity contribution in [1.82, 2.24) is 15.0 Å². The van der Waals surface area contributed by atoms with E-state index in [1.807, 2.05) is 25.1 Å². The molecule has 0 spiro atoms. The average Bonchev–Trinajstić information content (AvgIpc) is 2.87. The Morgan fingerprint density at radius 2 is 2.11 bits per heavy atom. The van der Waals surface area contributed by atoms with E-state index in [1.165, 1.54) is 18.0 Å². The zero-order valence-electron chi connectivity index (χ0n) is 10.4. The number of nitrogens with zero attached hydrogens (tertiary/aromatic N) is 3. The number of rotatable bonds is 3. The van der Waals surface area contributed by atoms with E-state index in [0.717, 1.165) is 11.3 Å². The van der Waals surface area contributed by atoms with Gasteiger partial charge in [-0.25, -0.2) is 9.48 Å². The number of esters is 1. The molecular weight excluding hydrogens is 234 g/mol. The van der Waals surface area contributed by atoms with Gasteiger partial charge in [0, 0.05) is 0 Å². The van der Waals surface area contributed by atoms with Crippen LogP contribution < -0.4 is 4.74 Å². The summed E-state index contributed by atoms with van der Waals surface area (Å²) in [6, 6.07) is 5.67. The van der Waals surface area contributed by atoms with Crippen molar-refractivity contribution in [2.45, 2.75) is 6.92 Å². The summed E-state index contributed by atoms with van der Waals surface area (Å²) < 4.78 is 11.3. The van der Waals surface area contributed by atoms with Crippen LogP contribution in [0.2, 0.25) is 0 Å². The minimum Gasteiger partial charge on any atom is -0.494 e. The minimum atomic E-state index is -0.520. The average molecular weight is 247 g/mol. The number of carbonyl (C=O) groups excluding carboxylic acids is 1. The van der Waals surface area contributed by atoms with E-state index in [0.29, 0.717) is 5.75 Å². The first-order chi connectivity index (χ1) is 8.65. The first kappa shape index (κ1) is 12.1. The molecule has 1 aromatic heterocycles. The molecular formula is C12H13N3O3. The smallest absolute Gasteiger partial charge is 0.360 e. The monoisotopic (exact) mass is 247 g/mol. The molecule has 18 heavy (non-hydrogen) atoms. The third kappa shape index (κ3) is 2.17. The summed E-state index contributed by atoms with van der Waals surface area (Å²) in [5.41, 5.74) is 1.93. The topological polar surface area (TPSA) is 66.2 Å². The Morgan fingerprint density at radius 3 is 2.78 bits per heavy atom. The first-order valence-corrected chi connectivity index (χ1v) is 5.31. The highest BCUT2D eigenvalue weighted by Gasteiger charge is 2.13. The van der Waals surface area contributed by atoms with Crippen molar-refractivity contribution in [3.63, 3.8) is 0 Å². The Labute approximate surface area is 104 Å². The van der Waals surface area contributed by atoms with Crippen LogP contribution in [-0.2, 0) is 4.74 Å². The van der Waals surface area contributed by atoms with Crippen LogP contribution in [0.15, 0.2) is 24.4 Å². The molecule has 1 heterocycles. The van der Waals surface area contributed by atoms with Gasteiger partial charge in [-0.2, -0.15) is 0 Å². The van der Waals surface area contributed by atoms with Crippen LogP contribution in [0.25, 0.3) is 5.69 Å². The van der Waals surface area contributed by atoms with Gasteiger partial charge >= 0.3 is 5.97 Å². The Morgan fingerprint density at radius 1 is 1.33 bits per heavy atom. The molecule has 0 atom stereocenters. The first-order valence-electron chi connectivity index (χ1n) is 5.31. The third-order valence-electron chi connectivity index (χ3n) is 2.47. The quantitative estimate of drug-likeness (QED) is 0.766. The molecule has 0 N–H and O–H groups in total. The summed E-state index contributed by atoms with van der Waals surface area (Å²) >= 11 is 0. The Balaban J connectivity index is 2.45. The van der Waals surface area contributed by atoms with Crippen LogP contribution in [0.5, 0.6) is 5.75 Å². The molecule has 2 rings (SSSR count). The van der Waals surface area contributed by atoms with Gasteiger partial charge in [-0.15, -0.1) is 5.10 Å². The number of hydrogen-bond donors (Lipinski definition) is 0. The van der Waals surface area contributed by atoms with Gasteiger partial charge in [-0.05, 0) is 24.6 Å². The number of aryl methyl sites for hydroxylation is 1. The summed E-state index contributed by atoms with van der Waals surface area (Å²) in [4.78, 5) is 11.3. The van der Waals surface area contributed by atoms with Crippen molar-refractivity contribution >= 4 is 5.97 Å². The van der Waals surface area contributed by atoms with E-state index in [4.69, 9.17) is 4.74 Å². The van der Waals surface area contributed by atoms with Gasteiger partial charge in [0.05, 0.1) is 20.4 Å². The lowest BCUT2D eigenvalue weighted by atomic mass is 10.2. The molecule has 0 aliphatic heterocycles. The van der Waals surface area contributed by atoms with Crippen molar-refractivity contribution in [3.8, 4) is 11.4 Å². The van der Waals surface area contributed by atoms with Gasteiger partial charge in [0.25, 0.3) is 0 Å². The van der Waals surface area contributed by atoms with E-state index in [-0.39, 0.29) is 5.69 Å². The lowest BCUT2D eigenvalue weighted by molar-refractivity contribution is 0.0594. The summed E-state index contributed by atoms with van der Waals surface area (Å²) in [5, 5.41) is 7.64. The lowest BCUT2D eigenvalue weighted by Gasteiger charge is -2.08. The SMILES string of the molecule is COC(=O)c1cn(-c2cc(C)ccc2OC)nn1. The molecule has 0 radical (unpaired) electrons. The fourth-order valence-corrected chi connectivity index (χ4v) is 1.56. The summed E-state index contributed by atoms with van der Waals surface area (Å²) in [6.45, 7) is 1.96. The van der Waals surface area contributed by atoms with Crippen LogP contribution in [0, 0.1) is 6.92 Å². The third-order valence-corrected chi connectivity index (χ3v) is 2.47. The number of carbonyl (C=O) groups is 1. The molecule has 0 amide bonds. The largest absolute Gasteiger partial charge is 0.494 e. The van der Waals surface area contributed by atoms with Gasteiger partial charge < -0.3 is 9.47 Å². The molecule has 6 nitrogen and oxygen atoms in total. The van der Waals surface area contributed by atoms with Gasteiger partial charge in [-0.1, -0.05) is 11.3 Å². The van der Waals surface area contributed by atoms with Crippen LogP contribution in [0.3, 0.4) is 0 Å². The Bertz CT molecular complexity index is 578. The molecule has 0 aliphatic carbocycles. The fraction of sp³-hybridized carbons (Fsp3) is 0.250. The summed E-state index contributed by atoms with van der Waals surface area (Å²) in [5.74, 6) is 0.134. The minimum absolute atomic E-state index is 0.154. The second-order valence-electron chi connectivity index (χ2n) is 3.72. The predicted molar refractivity (Wildman–Crippen MR) is 64.0 cm³/mol. The highest BCUT2D eigenvalue weighted by Crippen LogP contribution is 2.23. The fourth-order valence-electron chi connectivity index (χ4n) is 1.56. The molecule has 0 saturated carbocycles. The highest BCUT2D eigenvalue weighted by molar-refractivity contribution is 5.86. The van der Waals surface area contributed by atoms with E-state index in [9.17, 15) is 4.79 Å². The van der Waals surface area contributed by atoms with Gasteiger partial charge in [-0.3, -0.25) is 0 Å². The predicted octanol–water partition coefficient (Wildman–Crippen LogP) is 1.37. The van der Waals surface area contributed by atoms with Crippen molar-refractivity contribution < 1.29 is 14.3 Å². The van der Waals surface area contributed by atoms with E-state index < -0.39 is 5.97 Å². The number of ether oxygens (including phenoxy) is 2. The number of aromatic nitrogens is 3. The lowest BCUT2D eigenvalue weighted by Crippen LogP contribution is -2.01. The molecule has 1 aromatic carbocycles. The number of methoxy groups -OCH3 is 2. The summed E-state index contributed by atoms with van der Waals surface area (Å²) in [7, 11) is 2.88. The second kappa shape index (κ2) is 4.87. The van der Waals surface area contributed by atoms with Crippen LogP contribution in [0.4, 0.5) is 0 Å². The molecule has 0 aliphatic rings. The van der Waals surface area contributed by atoms with Crippen LogP contribution in [0.1, 0.15) is 16.1 Å². The highest BCUT2D eigenvalue weighted by atomic mass is 16.5. The second-order valence-corrected chi connectivity index (χ2v) is 3.72. The zero-order valence-corrected chi connectivity index (χ0v) is 10.4. The zero-order chi connectivity index (χ0) is 13.1. The van der Waals surface area contributed by atoms with E-state index in [2.05, 4.69) is 15.0 Å².